The summed E-state index contributed by atoms with van der Waals surface area (Å²) >= 11 is 0. The summed E-state index contributed by atoms with van der Waals surface area (Å²) in [5.74, 6) is -0.0292. The van der Waals surface area contributed by atoms with Crippen LogP contribution in [0.5, 0.6) is 0 Å². The maximum Gasteiger partial charge on any atom is 0.500 e. The van der Waals surface area contributed by atoms with Gasteiger partial charge in [0.25, 0.3) is 0 Å². The third-order valence-corrected chi connectivity index (χ3v) is 9.53. The van der Waals surface area contributed by atoms with E-state index in [-0.39, 0.29) is 5.75 Å². The second-order valence-electron chi connectivity index (χ2n) is 6.88. The Balaban J connectivity index is 1.71. The molecule has 0 fully saturated rings. The highest BCUT2D eigenvalue weighted by Crippen LogP contribution is 2.23. The Morgan fingerprint density at radius 2 is 1.34 bits per heavy atom. The largest absolute Gasteiger partial charge is 0.500 e. The molecule has 0 amide bonds. The first kappa shape index (κ1) is 21.7. The Morgan fingerprint density at radius 3 is 1.97 bits per heavy atom. The van der Waals surface area contributed by atoms with E-state index in [1.807, 2.05) is 54.6 Å². The van der Waals surface area contributed by atoms with Crippen molar-refractivity contribution in [3.8, 4) is 0 Å². The Morgan fingerprint density at radius 1 is 0.759 bits per heavy atom. The molecule has 0 aliphatic heterocycles. The zero-order chi connectivity index (χ0) is 20.9. The van der Waals surface area contributed by atoms with Crippen LogP contribution in [0, 0.1) is 0 Å². The average Bonchev–Trinajstić information content (AvgIpc) is 2.75. The van der Waals surface area contributed by atoms with Gasteiger partial charge in [0.2, 0.25) is 0 Å². The van der Waals surface area contributed by atoms with E-state index < -0.39 is 18.6 Å². The van der Waals surface area contributed by atoms with E-state index in [2.05, 4.69) is 0 Å². The fraction of sp³-hybridized carbons (Fsp3) is 0.273. The quantitative estimate of drug-likeness (QED) is 0.475. The second-order valence-corrected chi connectivity index (χ2v) is 12.0. The molecule has 0 spiro atoms. The SMILES string of the molecule is CO[Si](CCc1ccc(CS(=O)(=O)c2ccc3ccccc3c2)cc1)(OC)OC. The lowest BCUT2D eigenvalue weighted by Gasteiger charge is -2.24. The van der Waals surface area contributed by atoms with Crippen LogP contribution in [0.2, 0.25) is 6.04 Å². The second kappa shape index (κ2) is 9.19. The van der Waals surface area contributed by atoms with Crippen molar-refractivity contribution in [3.63, 3.8) is 0 Å². The molecule has 0 radical (unpaired) electrons. The number of aryl methyl sites for hydroxylation is 1. The highest BCUT2D eigenvalue weighted by Gasteiger charge is 2.37. The molecule has 154 valence electrons. The van der Waals surface area contributed by atoms with E-state index in [0.29, 0.717) is 10.9 Å². The van der Waals surface area contributed by atoms with Gasteiger partial charge < -0.3 is 13.3 Å². The van der Waals surface area contributed by atoms with Crippen LogP contribution in [-0.4, -0.2) is 38.6 Å². The Hall–Kier alpha value is -2.03. The van der Waals surface area contributed by atoms with Crippen molar-refractivity contribution >= 4 is 29.4 Å². The van der Waals surface area contributed by atoms with Gasteiger partial charge in [0, 0.05) is 27.4 Å². The van der Waals surface area contributed by atoms with E-state index in [9.17, 15) is 8.42 Å². The summed E-state index contributed by atoms with van der Waals surface area (Å²) in [6.45, 7) is 0. The third kappa shape index (κ3) is 5.12. The molecule has 0 atom stereocenters. The summed E-state index contributed by atoms with van der Waals surface area (Å²) in [5.41, 5.74) is 1.84. The zero-order valence-electron chi connectivity index (χ0n) is 16.9. The Bertz CT molecular complexity index is 1050. The predicted octanol–water partition coefficient (Wildman–Crippen LogP) is 4.23. The zero-order valence-corrected chi connectivity index (χ0v) is 18.7. The average molecular weight is 431 g/mol. The highest BCUT2D eigenvalue weighted by molar-refractivity contribution is 7.90. The lowest BCUT2D eigenvalue weighted by Crippen LogP contribution is -2.43. The molecule has 0 saturated carbocycles. The molecule has 3 aromatic carbocycles. The summed E-state index contributed by atoms with van der Waals surface area (Å²) in [6.07, 6.45) is 0.736. The van der Waals surface area contributed by atoms with Crippen LogP contribution in [0.1, 0.15) is 11.1 Å². The molecular weight excluding hydrogens is 404 g/mol. The van der Waals surface area contributed by atoms with Crippen molar-refractivity contribution in [2.75, 3.05) is 21.3 Å². The van der Waals surface area contributed by atoms with Gasteiger partial charge in [-0.3, -0.25) is 0 Å². The van der Waals surface area contributed by atoms with Crippen molar-refractivity contribution in [1.82, 2.24) is 0 Å². The van der Waals surface area contributed by atoms with Gasteiger partial charge in [0.1, 0.15) is 0 Å². The molecule has 3 aromatic rings. The van der Waals surface area contributed by atoms with Crippen molar-refractivity contribution in [2.24, 2.45) is 0 Å². The van der Waals surface area contributed by atoms with Gasteiger partial charge in [0.15, 0.2) is 9.84 Å². The fourth-order valence-electron chi connectivity index (χ4n) is 3.32. The van der Waals surface area contributed by atoms with E-state index in [0.717, 1.165) is 28.3 Å². The molecule has 29 heavy (non-hydrogen) atoms. The number of hydrogen-bond donors (Lipinski definition) is 0. The Labute approximate surface area is 173 Å². The standard InChI is InChI=1S/C22H26O5SSi/c1-25-29(26-2,27-3)15-14-18-8-10-19(11-9-18)17-28(23,24)22-13-12-20-6-4-5-7-21(20)16-22/h4-13,16H,14-15,17H2,1-3H3. The first-order chi connectivity index (χ1) is 13.9. The lowest BCUT2D eigenvalue weighted by molar-refractivity contribution is 0.123. The highest BCUT2D eigenvalue weighted by atomic mass is 32.2. The smallest absolute Gasteiger partial charge is 0.377 e. The number of fused-ring (bicyclic) bond motifs is 1. The van der Waals surface area contributed by atoms with Crippen LogP contribution in [0.3, 0.4) is 0 Å². The minimum atomic E-state index is -3.42. The lowest BCUT2D eigenvalue weighted by atomic mass is 10.1. The van der Waals surface area contributed by atoms with Crippen molar-refractivity contribution < 1.29 is 21.7 Å². The normalized spacial score (nSPS) is 12.4. The maximum absolute atomic E-state index is 12.9. The van der Waals surface area contributed by atoms with Crippen LogP contribution in [0.25, 0.3) is 10.8 Å². The molecule has 0 aliphatic carbocycles. The van der Waals surface area contributed by atoms with E-state index in [1.54, 1.807) is 33.5 Å². The summed E-state index contributed by atoms with van der Waals surface area (Å²) in [4.78, 5) is 0.344. The minimum absolute atomic E-state index is 0.0292. The van der Waals surface area contributed by atoms with Crippen LogP contribution in [0.4, 0.5) is 0 Å². The van der Waals surface area contributed by atoms with Crippen molar-refractivity contribution in [2.45, 2.75) is 23.1 Å². The van der Waals surface area contributed by atoms with Crippen LogP contribution >= 0.6 is 0 Å². The minimum Gasteiger partial charge on any atom is -0.377 e. The van der Waals surface area contributed by atoms with Gasteiger partial charge in [-0.1, -0.05) is 54.6 Å². The molecule has 0 saturated heterocycles. The van der Waals surface area contributed by atoms with Crippen LogP contribution in [0.15, 0.2) is 71.6 Å². The molecule has 0 heterocycles. The van der Waals surface area contributed by atoms with Gasteiger partial charge in [-0.25, -0.2) is 8.42 Å². The van der Waals surface area contributed by atoms with E-state index in [1.165, 1.54) is 0 Å². The molecule has 0 bridgehead atoms. The van der Waals surface area contributed by atoms with Gasteiger partial charge in [0.05, 0.1) is 10.6 Å². The predicted molar refractivity (Wildman–Crippen MR) is 117 cm³/mol. The third-order valence-electron chi connectivity index (χ3n) is 5.11. The van der Waals surface area contributed by atoms with E-state index in [4.69, 9.17) is 13.3 Å². The van der Waals surface area contributed by atoms with Crippen LogP contribution in [-0.2, 0) is 35.3 Å². The first-order valence-electron chi connectivity index (χ1n) is 9.36. The van der Waals surface area contributed by atoms with Gasteiger partial charge in [-0.15, -0.1) is 0 Å². The van der Waals surface area contributed by atoms with Gasteiger partial charge in [-0.2, -0.15) is 0 Å². The molecule has 0 aromatic heterocycles. The Kier molecular flexibility index (Phi) is 6.87. The molecule has 7 heteroatoms. The number of sulfone groups is 1. The number of hydrogen-bond acceptors (Lipinski definition) is 5. The topological polar surface area (TPSA) is 61.8 Å². The first-order valence-corrected chi connectivity index (χ1v) is 12.9. The van der Waals surface area contributed by atoms with E-state index >= 15 is 0 Å². The van der Waals surface area contributed by atoms with Crippen LogP contribution < -0.4 is 0 Å². The summed E-state index contributed by atoms with van der Waals surface area (Å²) in [5, 5.41) is 1.95. The van der Waals surface area contributed by atoms with Crippen molar-refractivity contribution in [1.29, 1.82) is 0 Å². The molecule has 0 aliphatic rings. The number of rotatable bonds is 9. The maximum atomic E-state index is 12.9. The molecule has 0 unspecified atom stereocenters. The summed E-state index contributed by atoms with van der Waals surface area (Å²) in [7, 11) is -1.24. The molecule has 0 N–H and O–H groups in total. The molecule has 5 nitrogen and oxygen atoms in total. The van der Waals surface area contributed by atoms with Crippen molar-refractivity contribution in [3.05, 3.63) is 77.9 Å². The van der Waals surface area contributed by atoms with Gasteiger partial charge >= 0.3 is 8.80 Å². The molecular formula is C22H26O5SSi. The fourth-order valence-corrected chi connectivity index (χ4v) is 6.41. The van der Waals surface area contributed by atoms with Gasteiger partial charge in [-0.05, 0) is 40.5 Å². The summed E-state index contributed by atoms with van der Waals surface area (Å²) in [6, 6.07) is 21.3. The number of benzene rings is 3. The monoisotopic (exact) mass is 430 g/mol. The molecule has 3 rings (SSSR count). The summed E-state index contributed by atoms with van der Waals surface area (Å²) < 4.78 is 42.0.